The van der Waals surface area contributed by atoms with E-state index >= 15 is 0 Å². The highest BCUT2D eigenvalue weighted by Gasteiger charge is 2.28. The first-order valence-corrected chi connectivity index (χ1v) is 8.90. The number of rotatable bonds is 11. The zero-order valence-corrected chi connectivity index (χ0v) is 16.2. The quantitative estimate of drug-likeness (QED) is 0.333. The number of nitrogens with one attached hydrogen (secondary N) is 3. The summed E-state index contributed by atoms with van der Waals surface area (Å²) in [5.41, 5.74) is 5.51. The molecule has 26 heavy (non-hydrogen) atoms. The molecular formula is C17H32N4O5. The van der Waals surface area contributed by atoms with Crippen LogP contribution in [-0.2, 0) is 19.2 Å². The lowest BCUT2D eigenvalue weighted by molar-refractivity contribution is -0.143. The molecular weight excluding hydrogens is 340 g/mol. The van der Waals surface area contributed by atoms with Gasteiger partial charge in [-0.2, -0.15) is 0 Å². The molecule has 0 bridgehead atoms. The molecule has 0 aromatic heterocycles. The summed E-state index contributed by atoms with van der Waals surface area (Å²) in [6.45, 7) is 8.36. The van der Waals surface area contributed by atoms with Gasteiger partial charge in [0.15, 0.2) is 0 Å². The minimum absolute atomic E-state index is 0.160. The van der Waals surface area contributed by atoms with Gasteiger partial charge >= 0.3 is 5.97 Å². The Hall–Kier alpha value is -2.16. The number of carboxylic acid groups (broad SMARTS) is 1. The van der Waals surface area contributed by atoms with Gasteiger partial charge in [-0.15, -0.1) is 0 Å². The van der Waals surface area contributed by atoms with Crippen LogP contribution in [-0.4, -0.2) is 53.5 Å². The van der Waals surface area contributed by atoms with Gasteiger partial charge in [-0.25, -0.2) is 4.79 Å². The van der Waals surface area contributed by atoms with Crippen molar-refractivity contribution in [1.29, 1.82) is 0 Å². The monoisotopic (exact) mass is 372 g/mol. The number of hydrogen-bond acceptors (Lipinski definition) is 5. The fraction of sp³-hybridized carbons (Fsp3) is 0.765. The second-order valence-electron chi connectivity index (χ2n) is 6.65. The van der Waals surface area contributed by atoms with Gasteiger partial charge in [0.05, 0.1) is 12.6 Å². The predicted octanol–water partition coefficient (Wildman–Crippen LogP) is -0.404. The number of hydrogen-bond donors (Lipinski definition) is 5. The van der Waals surface area contributed by atoms with E-state index in [-0.39, 0.29) is 18.4 Å². The second kappa shape index (κ2) is 11.5. The van der Waals surface area contributed by atoms with E-state index in [0.29, 0.717) is 12.8 Å². The van der Waals surface area contributed by atoms with Crippen LogP contribution in [0.3, 0.4) is 0 Å². The summed E-state index contributed by atoms with van der Waals surface area (Å²) in [5.74, 6) is -3.11. The highest BCUT2D eigenvalue weighted by molar-refractivity contribution is 5.92. The van der Waals surface area contributed by atoms with E-state index in [0.717, 1.165) is 0 Å². The normalized spacial score (nSPS) is 16.5. The van der Waals surface area contributed by atoms with Gasteiger partial charge in [-0.1, -0.05) is 40.5 Å². The van der Waals surface area contributed by atoms with E-state index in [1.54, 1.807) is 13.8 Å². The molecule has 6 N–H and O–H groups in total. The van der Waals surface area contributed by atoms with Crippen molar-refractivity contribution in [2.75, 3.05) is 6.54 Å². The van der Waals surface area contributed by atoms with Gasteiger partial charge in [0.25, 0.3) is 0 Å². The lowest BCUT2D eigenvalue weighted by atomic mass is 9.98. The molecule has 0 aliphatic carbocycles. The van der Waals surface area contributed by atoms with Crippen LogP contribution in [0.15, 0.2) is 0 Å². The van der Waals surface area contributed by atoms with Crippen molar-refractivity contribution in [3.05, 3.63) is 0 Å². The van der Waals surface area contributed by atoms with Crippen molar-refractivity contribution in [2.45, 2.75) is 65.6 Å². The van der Waals surface area contributed by atoms with Crippen molar-refractivity contribution in [1.82, 2.24) is 16.0 Å². The molecule has 0 aliphatic rings. The van der Waals surface area contributed by atoms with Gasteiger partial charge < -0.3 is 26.8 Å². The summed E-state index contributed by atoms with van der Waals surface area (Å²) in [6.07, 6.45) is 1.22. The molecule has 0 rings (SSSR count). The van der Waals surface area contributed by atoms with Crippen molar-refractivity contribution in [2.24, 2.45) is 17.6 Å². The molecule has 5 unspecified atom stereocenters. The van der Waals surface area contributed by atoms with Crippen LogP contribution in [0.2, 0.25) is 0 Å². The standard InChI is InChI=1S/C17H32N4O5/c1-6-9(3)13(21-15(23)11(5)18)16(24)19-8-12(22)20-14(17(25)26)10(4)7-2/h9-11,13-14H,6-8,18H2,1-5H3,(H,19,24)(H,20,22)(H,21,23)(H,25,26). The third kappa shape index (κ3) is 7.81. The summed E-state index contributed by atoms with van der Waals surface area (Å²) in [5, 5.41) is 16.6. The van der Waals surface area contributed by atoms with Crippen LogP contribution in [0.25, 0.3) is 0 Å². The highest BCUT2D eigenvalue weighted by atomic mass is 16.4. The maximum absolute atomic E-state index is 12.4. The molecule has 150 valence electrons. The van der Waals surface area contributed by atoms with Gasteiger partial charge in [0.2, 0.25) is 17.7 Å². The number of carbonyl (C=O) groups is 4. The molecule has 5 atom stereocenters. The molecule has 9 nitrogen and oxygen atoms in total. The lowest BCUT2D eigenvalue weighted by Crippen LogP contribution is -2.55. The summed E-state index contributed by atoms with van der Waals surface area (Å²) >= 11 is 0. The Morgan fingerprint density at radius 2 is 1.38 bits per heavy atom. The molecule has 0 aromatic carbocycles. The number of amides is 3. The van der Waals surface area contributed by atoms with Crippen molar-refractivity contribution < 1.29 is 24.3 Å². The van der Waals surface area contributed by atoms with Gasteiger partial charge in [0.1, 0.15) is 12.1 Å². The minimum atomic E-state index is -1.12. The van der Waals surface area contributed by atoms with E-state index < -0.39 is 41.8 Å². The van der Waals surface area contributed by atoms with Crippen molar-refractivity contribution in [3.63, 3.8) is 0 Å². The summed E-state index contributed by atoms with van der Waals surface area (Å²) in [4.78, 5) is 47.3. The third-order valence-corrected chi connectivity index (χ3v) is 4.43. The van der Waals surface area contributed by atoms with Crippen LogP contribution in [0.4, 0.5) is 0 Å². The van der Waals surface area contributed by atoms with E-state index in [4.69, 9.17) is 5.73 Å². The molecule has 9 heteroatoms. The molecule has 0 fully saturated rings. The van der Waals surface area contributed by atoms with Crippen LogP contribution in [0, 0.1) is 11.8 Å². The molecule has 0 spiro atoms. The highest BCUT2D eigenvalue weighted by Crippen LogP contribution is 2.09. The Labute approximate surface area is 154 Å². The summed E-state index contributed by atoms with van der Waals surface area (Å²) < 4.78 is 0. The maximum Gasteiger partial charge on any atom is 0.326 e. The van der Waals surface area contributed by atoms with Crippen LogP contribution >= 0.6 is 0 Å². The number of nitrogens with two attached hydrogens (primary N) is 1. The molecule has 0 aliphatic heterocycles. The number of carbonyl (C=O) groups excluding carboxylic acids is 3. The zero-order valence-electron chi connectivity index (χ0n) is 16.2. The van der Waals surface area contributed by atoms with Crippen molar-refractivity contribution >= 4 is 23.7 Å². The van der Waals surface area contributed by atoms with Crippen LogP contribution in [0.1, 0.15) is 47.5 Å². The SMILES string of the molecule is CCC(C)C(NC(=O)CNC(=O)C(NC(=O)C(C)N)C(C)CC)C(=O)O. The molecule has 0 radical (unpaired) electrons. The Morgan fingerprint density at radius 3 is 1.81 bits per heavy atom. The van der Waals surface area contributed by atoms with E-state index in [2.05, 4.69) is 16.0 Å². The summed E-state index contributed by atoms with van der Waals surface area (Å²) in [7, 11) is 0. The zero-order chi connectivity index (χ0) is 20.4. The predicted molar refractivity (Wildman–Crippen MR) is 97.1 cm³/mol. The van der Waals surface area contributed by atoms with E-state index in [1.165, 1.54) is 6.92 Å². The third-order valence-electron chi connectivity index (χ3n) is 4.43. The van der Waals surface area contributed by atoms with Gasteiger partial charge in [-0.05, 0) is 18.8 Å². The average Bonchev–Trinajstić information content (AvgIpc) is 2.59. The Bertz CT molecular complexity index is 509. The van der Waals surface area contributed by atoms with Crippen LogP contribution < -0.4 is 21.7 Å². The Morgan fingerprint density at radius 1 is 0.885 bits per heavy atom. The van der Waals surface area contributed by atoms with Gasteiger partial charge in [-0.3, -0.25) is 14.4 Å². The largest absolute Gasteiger partial charge is 0.480 e. The smallest absolute Gasteiger partial charge is 0.326 e. The summed E-state index contributed by atoms with van der Waals surface area (Å²) in [6, 6.07) is -2.60. The molecule has 3 amide bonds. The molecule has 0 saturated carbocycles. The number of carboxylic acids is 1. The van der Waals surface area contributed by atoms with E-state index in [1.807, 2.05) is 13.8 Å². The van der Waals surface area contributed by atoms with E-state index in [9.17, 15) is 24.3 Å². The first-order valence-electron chi connectivity index (χ1n) is 8.90. The fourth-order valence-corrected chi connectivity index (χ4v) is 2.17. The first kappa shape index (κ1) is 23.8. The molecule has 0 aromatic rings. The molecule has 0 saturated heterocycles. The fourth-order valence-electron chi connectivity index (χ4n) is 2.17. The molecule has 0 heterocycles. The topological polar surface area (TPSA) is 151 Å². The van der Waals surface area contributed by atoms with Gasteiger partial charge in [0, 0.05) is 0 Å². The average molecular weight is 372 g/mol. The first-order chi connectivity index (χ1) is 12.0. The number of aliphatic carboxylic acids is 1. The lowest BCUT2D eigenvalue weighted by Gasteiger charge is -2.25. The maximum atomic E-state index is 12.4. The Balaban J connectivity index is 4.81. The Kier molecular flexibility index (Phi) is 10.5. The van der Waals surface area contributed by atoms with Crippen LogP contribution in [0.5, 0.6) is 0 Å². The second-order valence-corrected chi connectivity index (χ2v) is 6.65. The van der Waals surface area contributed by atoms with Crippen molar-refractivity contribution in [3.8, 4) is 0 Å². The minimum Gasteiger partial charge on any atom is -0.480 e.